The van der Waals surface area contributed by atoms with E-state index in [1.165, 1.54) is 6.20 Å². The fourth-order valence-electron chi connectivity index (χ4n) is 1.49. The first-order chi connectivity index (χ1) is 8.66. The summed E-state index contributed by atoms with van der Waals surface area (Å²) in [5.74, 6) is -0.249. The van der Waals surface area contributed by atoms with Crippen LogP contribution in [0.5, 0.6) is 0 Å². The van der Waals surface area contributed by atoms with E-state index in [0.717, 1.165) is 11.4 Å². The second-order valence-electron chi connectivity index (χ2n) is 3.99. The molecule has 0 saturated carbocycles. The maximum absolute atomic E-state index is 11.9. The van der Waals surface area contributed by atoms with E-state index in [0.29, 0.717) is 5.69 Å². The molecule has 5 nitrogen and oxygen atoms in total. The maximum atomic E-state index is 11.9. The highest BCUT2D eigenvalue weighted by atomic mass is 16.1. The first-order valence-corrected chi connectivity index (χ1v) is 5.67. The van der Waals surface area contributed by atoms with Crippen LogP contribution in [0.15, 0.2) is 36.8 Å². The fourth-order valence-corrected chi connectivity index (χ4v) is 1.49. The van der Waals surface area contributed by atoms with Crippen molar-refractivity contribution in [1.29, 1.82) is 0 Å². The Morgan fingerprint density at radius 2 is 2.06 bits per heavy atom. The highest BCUT2D eigenvalue weighted by Crippen LogP contribution is 2.08. The van der Waals surface area contributed by atoms with Crippen molar-refractivity contribution in [3.63, 3.8) is 0 Å². The molecule has 5 heteroatoms. The Morgan fingerprint density at radius 1 is 1.22 bits per heavy atom. The summed E-state index contributed by atoms with van der Waals surface area (Å²) in [6.07, 6.45) is 4.74. The molecule has 0 aromatic carbocycles. The van der Waals surface area contributed by atoms with E-state index < -0.39 is 0 Å². The molecule has 0 aliphatic carbocycles. The van der Waals surface area contributed by atoms with Crippen molar-refractivity contribution in [3.05, 3.63) is 53.9 Å². The third-order valence-electron chi connectivity index (χ3n) is 2.49. The standard InChI is InChI=1S/C13H14N4O/c1-9-7-16-12(8-15-9)13(18)17-10(2)11-5-3-4-6-14-11/h3-8,10H,1-2H3,(H,17,18). The van der Waals surface area contributed by atoms with Crippen molar-refractivity contribution >= 4 is 5.91 Å². The molecule has 0 radical (unpaired) electrons. The lowest BCUT2D eigenvalue weighted by Gasteiger charge is -2.12. The third-order valence-corrected chi connectivity index (χ3v) is 2.49. The largest absolute Gasteiger partial charge is 0.343 e. The highest BCUT2D eigenvalue weighted by Gasteiger charge is 2.13. The number of aromatic nitrogens is 3. The zero-order valence-electron chi connectivity index (χ0n) is 10.3. The third kappa shape index (κ3) is 2.88. The van der Waals surface area contributed by atoms with Gasteiger partial charge in [-0.1, -0.05) is 6.07 Å². The normalized spacial score (nSPS) is 11.9. The first kappa shape index (κ1) is 12.2. The number of pyridine rings is 1. The molecule has 0 aliphatic rings. The second-order valence-corrected chi connectivity index (χ2v) is 3.99. The number of rotatable bonds is 3. The minimum absolute atomic E-state index is 0.165. The van der Waals surface area contributed by atoms with E-state index in [-0.39, 0.29) is 11.9 Å². The molecule has 1 atom stereocenters. The number of nitrogens with zero attached hydrogens (tertiary/aromatic N) is 3. The molecule has 18 heavy (non-hydrogen) atoms. The van der Waals surface area contributed by atoms with Gasteiger partial charge in [0.15, 0.2) is 0 Å². The molecule has 92 valence electrons. The minimum Gasteiger partial charge on any atom is -0.343 e. The van der Waals surface area contributed by atoms with Crippen LogP contribution in [0, 0.1) is 6.92 Å². The van der Waals surface area contributed by atoms with Gasteiger partial charge in [-0.05, 0) is 26.0 Å². The molecular weight excluding hydrogens is 228 g/mol. The highest BCUT2D eigenvalue weighted by molar-refractivity contribution is 5.92. The van der Waals surface area contributed by atoms with Gasteiger partial charge < -0.3 is 5.32 Å². The van der Waals surface area contributed by atoms with Crippen molar-refractivity contribution in [3.8, 4) is 0 Å². The summed E-state index contributed by atoms with van der Waals surface area (Å²) in [5, 5.41) is 2.83. The van der Waals surface area contributed by atoms with Crippen molar-refractivity contribution in [2.45, 2.75) is 19.9 Å². The van der Waals surface area contributed by atoms with E-state index in [9.17, 15) is 4.79 Å². The van der Waals surface area contributed by atoms with Crippen LogP contribution in [0.3, 0.4) is 0 Å². The SMILES string of the molecule is Cc1cnc(C(=O)NC(C)c2ccccn2)cn1. The quantitative estimate of drug-likeness (QED) is 0.889. The summed E-state index contributed by atoms with van der Waals surface area (Å²) in [5.41, 5.74) is 1.90. The topological polar surface area (TPSA) is 67.8 Å². The Kier molecular flexibility index (Phi) is 3.62. The maximum Gasteiger partial charge on any atom is 0.272 e. The summed E-state index contributed by atoms with van der Waals surface area (Å²) < 4.78 is 0. The van der Waals surface area contributed by atoms with Gasteiger partial charge >= 0.3 is 0 Å². The molecular formula is C13H14N4O. The summed E-state index contributed by atoms with van der Waals surface area (Å²) >= 11 is 0. The Labute approximate surface area is 105 Å². The van der Waals surface area contributed by atoms with Crippen LogP contribution >= 0.6 is 0 Å². The Bertz CT molecular complexity index is 524. The number of hydrogen-bond acceptors (Lipinski definition) is 4. The predicted octanol–water partition coefficient (Wildman–Crippen LogP) is 1.67. The predicted molar refractivity (Wildman–Crippen MR) is 66.9 cm³/mol. The number of aryl methyl sites for hydroxylation is 1. The van der Waals surface area contributed by atoms with Gasteiger partial charge in [-0.15, -0.1) is 0 Å². The number of amides is 1. The summed E-state index contributed by atoms with van der Waals surface area (Å²) in [6.45, 7) is 3.70. The average Bonchev–Trinajstić information content (AvgIpc) is 2.40. The van der Waals surface area contributed by atoms with Gasteiger partial charge in [0.1, 0.15) is 5.69 Å². The molecule has 2 aromatic heterocycles. The lowest BCUT2D eigenvalue weighted by molar-refractivity contribution is 0.0933. The van der Waals surface area contributed by atoms with Crippen LogP contribution in [0.25, 0.3) is 0 Å². The van der Waals surface area contributed by atoms with E-state index in [1.807, 2.05) is 32.0 Å². The molecule has 0 aliphatic heterocycles. The number of nitrogens with one attached hydrogen (secondary N) is 1. The van der Waals surface area contributed by atoms with Crippen molar-refractivity contribution in [2.24, 2.45) is 0 Å². The van der Waals surface area contributed by atoms with Gasteiger partial charge in [-0.3, -0.25) is 14.8 Å². The van der Waals surface area contributed by atoms with Gasteiger partial charge in [0.25, 0.3) is 5.91 Å². The van der Waals surface area contributed by atoms with Crippen molar-refractivity contribution in [1.82, 2.24) is 20.3 Å². The van der Waals surface area contributed by atoms with Crippen LogP contribution in [-0.2, 0) is 0 Å². The second kappa shape index (κ2) is 5.35. The van der Waals surface area contributed by atoms with Gasteiger partial charge in [0, 0.05) is 12.4 Å². The zero-order valence-corrected chi connectivity index (χ0v) is 10.3. The molecule has 0 spiro atoms. The molecule has 1 unspecified atom stereocenters. The van der Waals surface area contributed by atoms with E-state index >= 15 is 0 Å². The summed E-state index contributed by atoms with van der Waals surface area (Å²) in [6, 6.07) is 5.42. The van der Waals surface area contributed by atoms with Gasteiger partial charge in [-0.25, -0.2) is 4.98 Å². The van der Waals surface area contributed by atoms with Gasteiger partial charge in [0.05, 0.1) is 23.6 Å². The summed E-state index contributed by atoms with van der Waals surface area (Å²) in [7, 11) is 0. The van der Waals surface area contributed by atoms with Gasteiger partial charge in [0.2, 0.25) is 0 Å². The van der Waals surface area contributed by atoms with Crippen LogP contribution in [0.1, 0.15) is 34.8 Å². The van der Waals surface area contributed by atoms with Crippen LogP contribution < -0.4 is 5.32 Å². The number of carbonyl (C=O) groups is 1. The lowest BCUT2D eigenvalue weighted by Crippen LogP contribution is -2.28. The molecule has 1 amide bonds. The van der Waals surface area contributed by atoms with E-state index in [1.54, 1.807) is 12.4 Å². The van der Waals surface area contributed by atoms with Crippen LogP contribution in [-0.4, -0.2) is 20.9 Å². The monoisotopic (exact) mass is 242 g/mol. The molecule has 0 fully saturated rings. The van der Waals surface area contributed by atoms with Crippen molar-refractivity contribution < 1.29 is 4.79 Å². The molecule has 1 N–H and O–H groups in total. The van der Waals surface area contributed by atoms with Crippen molar-refractivity contribution in [2.75, 3.05) is 0 Å². The molecule has 2 heterocycles. The van der Waals surface area contributed by atoms with Crippen LogP contribution in [0.4, 0.5) is 0 Å². The molecule has 0 saturated heterocycles. The Balaban J connectivity index is 2.06. The lowest BCUT2D eigenvalue weighted by atomic mass is 10.2. The smallest absolute Gasteiger partial charge is 0.272 e. The summed E-state index contributed by atoms with van der Waals surface area (Å²) in [4.78, 5) is 24.2. The van der Waals surface area contributed by atoms with Gasteiger partial charge in [-0.2, -0.15) is 0 Å². The van der Waals surface area contributed by atoms with Crippen LogP contribution in [0.2, 0.25) is 0 Å². The fraction of sp³-hybridized carbons (Fsp3) is 0.231. The Morgan fingerprint density at radius 3 is 2.67 bits per heavy atom. The zero-order chi connectivity index (χ0) is 13.0. The number of hydrogen-bond donors (Lipinski definition) is 1. The molecule has 0 bridgehead atoms. The molecule has 2 aromatic rings. The minimum atomic E-state index is -0.249. The van der Waals surface area contributed by atoms with E-state index in [2.05, 4.69) is 20.3 Å². The van der Waals surface area contributed by atoms with E-state index in [4.69, 9.17) is 0 Å². The first-order valence-electron chi connectivity index (χ1n) is 5.67. The average molecular weight is 242 g/mol. The Hall–Kier alpha value is -2.30. The molecule has 2 rings (SSSR count). The number of carbonyl (C=O) groups excluding carboxylic acids is 1.